The summed E-state index contributed by atoms with van der Waals surface area (Å²) in [7, 11) is 1.55. The second-order valence-electron chi connectivity index (χ2n) is 5.40. The molecule has 2 aromatic carbocycles. The number of rotatable bonds is 4. The quantitative estimate of drug-likeness (QED) is 0.755. The summed E-state index contributed by atoms with van der Waals surface area (Å²) in [5.74, 6) is 0.881. The molecule has 6 nitrogen and oxygen atoms in total. The third-order valence-electron chi connectivity index (χ3n) is 3.86. The Balaban J connectivity index is 2.23. The highest BCUT2D eigenvalue weighted by Crippen LogP contribution is 2.31. The van der Waals surface area contributed by atoms with Gasteiger partial charge in [0.15, 0.2) is 0 Å². The van der Waals surface area contributed by atoms with Crippen molar-refractivity contribution < 1.29 is 4.74 Å². The van der Waals surface area contributed by atoms with E-state index in [0.717, 1.165) is 0 Å². The van der Waals surface area contributed by atoms with E-state index in [1.807, 2.05) is 36.4 Å². The van der Waals surface area contributed by atoms with Crippen molar-refractivity contribution in [1.29, 1.82) is 10.5 Å². The van der Waals surface area contributed by atoms with Gasteiger partial charge >= 0.3 is 0 Å². The van der Waals surface area contributed by atoms with Gasteiger partial charge in [-0.25, -0.2) is 0 Å². The Hall–Kier alpha value is -4.03. The van der Waals surface area contributed by atoms with Crippen LogP contribution in [0.4, 0.5) is 11.5 Å². The van der Waals surface area contributed by atoms with E-state index in [1.165, 1.54) is 0 Å². The van der Waals surface area contributed by atoms with Crippen LogP contribution in [0.5, 0.6) is 5.75 Å². The number of aromatic nitrogens is 1. The minimum atomic E-state index is -0.559. The lowest BCUT2D eigenvalue weighted by atomic mass is 9.96. The fourth-order valence-corrected chi connectivity index (χ4v) is 2.63. The standard InChI is InChI=1S/C20H14N4O2/c1-26-15-9-7-13(8-10-15)18-16(11-21)19(24-20(25)17(18)12-22)23-14-5-3-2-4-6-14/h2-10H,1H3,(H2,23,24,25). The average molecular weight is 342 g/mol. The minimum absolute atomic E-state index is 0.106. The summed E-state index contributed by atoms with van der Waals surface area (Å²) in [6, 6.07) is 20.0. The second kappa shape index (κ2) is 7.25. The number of hydrogen-bond acceptors (Lipinski definition) is 5. The Morgan fingerprint density at radius 2 is 1.62 bits per heavy atom. The first-order valence-electron chi connectivity index (χ1n) is 7.75. The molecular weight excluding hydrogens is 328 g/mol. The van der Waals surface area contributed by atoms with Gasteiger partial charge in [0.1, 0.15) is 34.8 Å². The van der Waals surface area contributed by atoms with E-state index in [9.17, 15) is 15.3 Å². The molecule has 0 saturated carbocycles. The fourth-order valence-electron chi connectivity index (χ4n) is 2.63. The molecule has 0 saturated heterocycles. The number of nitrogens with zero attached hydrogens (tertiary/aromatic N) is 2. The first kappa shape index (κ1) is 16.8. The number of hydrogen-bond donors (Lipinski definition) is 2. The highest BCUT2D eigenvalue weighted by Gasteiger charge is 2.19. The zero-order chi connectivity index (χ0) is 18.5. The van der Waals surface area contributed by atoms with Crippen molar-refractivity contribution in [3.05, 3.63) is 76.1 Å². The van der Waals surface area contributed by atoms with Crippen molar-refractivity contribution in [2.75, 3.05) is 12.4 Å². The fraction of sp³-hybridized carbons (Fsp3) is 0.0500. The van der Waals surface area contributed by atoms with E-state index < -0.39 is 5.56 Å². The van der Waals surface area contributed by atoms with Crippen LogP contribution in [-0.4, -0.2) is 12.1 Å². The van der Waals surface area contributed by atoms with Gasteiger partial charge in [0.25, 0.3) is 5.56 Å². The van der Waals surface area contributed by atoms with Crippen molar-refractivity contribution in [1.82, 2.24) is 4.98 Å². The zero-order valence-electron chi connectivity index (χ0n) is 13.9. The van der Waals surface area contributed by atoms with Crippen LogP contribution < -0.4 is 15.6 Å². The molecule has 2 N–H and O–H groups in total. The molecular formula is C20H14N4O2. The molecule has 26 heavy (non-hydrogen) atoms. The number of methoxy groups -OCH3 is 1. The zero-order valence-corrected chi connectivity index (χ0v) is 13.9. The summed E-state index contributed by atoms with van der Waals surface area (Å²) in [6.45, 7) is 0. The molecule has 0 atom stereocenters. The van der Waals surface area contributed by atoms with Gasteiger partial charge in [0.2, 0.25) is 0 Å². The predicted molar refractivity (Wildman–Crippen MR) is 98.2 cm³/mol. The van der Waals surface area contributed by atoms with Gasteiger partial charge in [-0.3, -0.25) is 4.79 Å². The number of H-pyrrole nitrogens is 1. The molecule has 0 aliphatic rings. The number of para-hydroxylation sites is 1. The summed E-state index contributed by atoms with van der Waals surface area (Å²) in [5, 5.41) is 22.2. The predicted octanol–water partition coefficient (Wildman–Crippen LogP) is 3.54. The minimum Gasteiger partial charge on any atom is -0.497 e. The molecule has 0 bridgehead atoms. The van der Waals surface area contributed by atoms with Gasteiger partial charge in [-0.15, -0.1) is 0 Å². The van der Waals surface area contributed by atoms with Crippen LogP contribution in [0.15, 0.2) is 59.4 Å². The van der Waals surface area contributed by atoms with Gasteiger partial charge in [-0.05, 0) is 29.8 Å². The largest absolute Gasteiger partial charge is 0.497 e. The smallest absolute Gasteiger partial charge is 0.268 e. The molecule has 1 heterocycles. The van der Waals surface area contributed by atoms with Crippen molar-refractivity contribution in [3.63, 3.8) is 0 Å². The van der Waals surface area contributed by atoms with E-state index in [0.29, 0.717) is 22.6 Å². The maximum atomic E-state index is 12.4. The van der Waals surface area contributed by atoms with Gasteiger partial charge in [0, 0.05) is 11.3 Å². The van der Waals surface area contributed by atoms with Crippen molar-refractivity contribution in [2.45, 2.75) is 0 Å². The third kappa shape index (κ3) is 3.12. The van der Waals surface area contributed by atoms with Gasteiger partial charge in [-0.2, -0.15) is 10.5 Å². The molecule has 0 spiro atoms. The lowest BCUT2D eigenvalue weighted by Crippen LogP contribution is -2.16. The highest BCUT2D eigenvalue weighted by molar-refractivity contribution is 5.82. The molecule has 6 heteroatoms. The number of aromatic amines is 1. The van der Waals surface area contributed by atoms with E-state index in [-0.39, 0.29) is 16.9 Å². The number of anilines is 2. The first-order valence-corrected chi connectivity index (χ1v) is 7.75. The molecule has 0 radical (unpaired) electrons. The summed E-state index contributed by atoms with van der Waals surface area (Å²) >= 11 is 0. The summed E-state index contributed by atoms with van der Waals surface area (Å²) < 4.78 is 5.13. The molecule has 0 aliphatic carbocycles. The summed E-state index contributed by atoms with van der Waals surface area (Å²) in [4.78, 5) is 15.0. The molecule has 0 amide bonds. The van der Waals surface area contributed by atoms with Gasteiger partial charge < -0.3 is 15.0 Å². The maximum absolute atomic E-state index is 12.4. The van der Waals surface area contributed by atoms with E-state index in [2.05, 4.69) is 16.4 Å². The van der Waals surface area contributed by atoms with Crippen LogP contribution >= 0.6 is 0 Å². The highest BCUT2D eigenvalue weighted by atomic mass is 16.5. The Morgan fingerprint density at radius 3 is 2.19 bits per heavy atom. The maximum Gasteiger partial charge on any atom is 0.268 e. The summed E-state index contributed by atoms with van der Waals surface area (Å²) in [6.07, 6.45) is 0. The van der Waals surface area contributed by atoms with E-state index >= 15 is 0 Å². The van der Waals surface area contributed by atoms with Crippen LogP contribution in [0.25, 0.3) is 11.1 Å². The number of ether oxygens (including phenoxy) is 1. The Kier molecular flexibility index (Phi) is 4.69. The van der Waals surface area contributed by atoms with E-state index in [1.54, 1.807) is 31.4 Å². The third-order valence-corrected chi connectivity index (χ3v) is 3.86. The Labute approximate surface area is 149 Å². The van der Waals surface area contributed by atoms with Crippen LogP contribution in [0.2, 0.25) is 0 Å². The number of benzene rings is 2. The molecule has 1 aromatic heterocycles. The summed E-state index contributed by atoms with van der Waals surface area (Å²) in [5.41, 5.74) is 1.11. The van der Waals surface area contributed by atoms with Crippen LogP contribution in [0, 0.1) is 22.7 Å². The van der Waals surface area contributed by atoms with Crippen LogP contribution in [-0.2, 0) is 0 Å². The second-order valence-corrected chi connectivity index (χ2v) is 5.40. The number of nitriles is 2. The first-order chi connectivity index (χ1) is 12.7. The molecule has 0 fully saturated rings. The topological polar surface area (TPSA) is 102 Å². The Bertz CT molecular complexity index is 1070. The van der Waals surface area contributed by atoms with E-state index in [4.69, 9.17) is 4.74 Å². The normalized spacial score (nSPS) is 9.81. The van der Waals surface area contributed by atoms with Gasteiger partial charge in [-0.1, -0.05) is 30.3 Å². The monoisotopic (exact) mass is 342 g/mol. The van der Waals surface area contributed by atoms with Crippen molar-refractivity contribution in [2.24, 2.45) is 0 Å². The number of nitrogens with one attached hydrogen (secondary N) is 2. The van der Waals surface area contributed by atoms with Crippen LogP contribution in [0.1, 0.15) is 11.1 Å². The molecule has 3 aromatic rings. The van der Waals surface area contributed by atoms with Crippen molar-refractivity contribution in [3.8, 4) is 29.0 Å². The lowest BCUT2D eigenvalue weighted by molar-refractivity contribution is 0.415. The van der Waals surface area contributed by atoms with Crippen molar-refractivity contribution >= 4 is 11.5 Å². The number of pyridine rings is 1. The van der Waals surface area contributed by atoms with Crippen LogP contribution in [0.3, 0.4) is 0 Å². The van der Waals surface area contributed by atoms with Gasteiger partial charge in [0.05, 0.1) is 7.11 Å². The molecule has 0 aliphatic heterocycles. The lowest BCUT2D eigenvalue weighted by Gasteiger charge is -2.13. The average Bonchev–Trinajstić information content (AvgIpc) is 2.68. The molecule has 0 unspecified atom stereocenters. The molecule has 126 valence electrons. The Morgan fingerprint density at radius 1 is 0.962 bits per heavy atom. The molecule has 3 rings (SSSR count). The SMILES string of the molecule is COc1ccc(-c2c(C#N)c(Nc3ccccc3)[nH]c(=O)c2C#N)cc1.